The third-order valence-corrected chi connectivity index (χ3v) is 7.93. The van der Waals surface area contributed by atoms with Crippen molar-refractivity contribution in [3.8, 4) is 10.4 Å². The van der Waals surface area contributed by atoms with Crippen LogP contribution in [0.25, 0.3) is 10.4 Å². The zero-order valence-electron chi connectivity index (χ0n) is 22.8. The van der Waals surface area contributed by atoms with Crippen molar-refractivity contribution in [2.24, 2.45) is 5.41 Å². The number of nitrogens with one attached hydrogen (secondary N) is 2. The standard InChI is InChI=1S/C29H35N5O4S/c1-17(19-8-10-20(11-9-19)24-18(2)31-16-39-24)32-27(37)23-13-22(35)15-34(23)28(38)25(29(3,4)5)33-26(36)21-7-6-12-30-14-21/h6-12,14,16-17,22-23,25,35H,13,15H2,1-5H3,(H,32,37)(H,33,36)/t17-,22-,23+,25-/m1/s1. The minimum absolute atomic E-state index is 0.0174. The molecule has 1 fully saturated rings. The summed E-state index contributed by atoms with van der Waals surface area (Å²) >= 11 is 1.58. The van der Waals surface area contributed by atoms with Crippen molar-refractivity contribution in [3.63, 3.8) is 0 Å². The molecule has 0 saturated carbocycles. The molecule has 0 radical (unpaired) electrons. The van der Waals surface area contributed by atoms with Gasteiger partial charge in [-0.2, -0.15) is 0 Å². The van der Waals surface area contributed by atoms with E-state index in [-0.39, 0.29) is 24.9 Å². The van der Waals surface area contributed by atoms with E-state index in [9.17, 15) is 19.5 Å². The van der Waals surface area contributed by atoms with Crippen LogP contribution in [0.3, 0.4) is 0 Å². The number of carbonyl (C=O) groups is 3. The monoisotopic (exact) mass is 549 g/mol. The zero-order valence-corrected chi connectivity index (χ0v) is 23.7. The number of β-amino-alcohol motifs (C(OH)–C–C–N with tert-alkyl or cyclic N) is 1. The first-order valence-electron chi connectivity index (χ1n) is 13.0. The molecule has 0 unspecified atom stereocenters. The lowest BCUT2D eigenvalue weighted by atomic mass is 9.85. The van der Waals surface area contributed by atoms with Crippen LogP contribution < -0.4 is 10.6 Å². The number of likely N-dealkylation sites (tertiary alicyclic amines) is 1. The number of thiazole rings is 1. The average Bonchev–Trinajstić information content (AvgIpc) is 3.52. The van der Waals surface area contributed by atoms with Crippen molar-refractivity contribution in [2.45, 2.75) is 65.3 Å². The summed E-state index contributed by atoms with van der Waals surface area (Å²) in [6.45, 7) is 9.42. The van der Waals surface area contributed by atoms with Gasteiger partial charge in [0.15, 0.2) is 0 Å². The summed E-state index contributed by atoms with van der Waals surface area (Å²) in [5.74, 6) is -1.18. The van der Waals surface area contributed by atoms with Crippen LogP contribution in [0.15, 0.2) is 54.3 Å². The van der Waals surface area contributed by atoms with Gasteiger partial charge in [-0.3, -0.25) is 19.4 Å². The van der Waals surface area contributed by atoms with E-state index in [2.05, 4.69) is 20.6 Å². The fraction of sp³-hybridized carbons (Fsp3) is 0.414. The van der Waals surface area contributed by atoms with E-state index >= 15 is 0 Å². The Bertz CT molecular complexity index is 1320. The summed E-state index contributed by atoms with van der Waals surface area (Å²) in [5.41, 5.74) is 4.47. The van der Waals surface area contributed by atoms with Gasteiger partial charge in [0.1, 0.15) is 12.1 Å². The van der Waals surface area contributed by atoms with Crippen LogP contribution in [0.1, 0.15) is 61.8 Å². The van der Waals surface area contributed by atoms with Crippen LogP contribution in [0.4, 0.5) is 0 Å². The second-order valence-corrected chi connectivity index (χ2v) is 11.9. The van der Waals surface area contributed by atoms with Gasteiger partial charge in [0, 0.05) is 25.4 Å². The Morgan fingerprint density at radius 1 is 1.13 bits per heavy atom. The van der Waals surface area contributed by atoms with E-state index in [4.69, 9.17) is 0 Å². The van der Waals surface area contributed by atoms with Crippen LogP contribution in [-0.2, 0) is 9.59 Å². The summed E-state index contributed by atoms with van der Waals surface area (Å²) < 4.78 is 0. The predicted molar refractivity (Wildman–Crippen MR) is 150 cm³/mol. The lowest BCUT2D eigenvalue weighted by molar-refractivity contribution is -0.142. The largest absolute Gasteiger partial charge is 0.391 e. The molecule has 206 valence electrons. The van der Waals surface area contributed by atoms with Crippen molar-refractivity contribution in [3.05, 3.63) is 71.1 Å². The molecule has 4 rings (SSSR count). The second-order valence-electron chi connectivity index (χ2n) is 11.0. The molecule has 1 saturated heterocycles. The molecule has 10 heteroatoms. The van der Waals surface area contributed by atoms with Gasteiger partial charge in [-0.25, -0.2) is 4.98 Å². The Kier molecular flexibility index (Phi) is 8.46. The second kappa shape index (κ2) is 11.6. The Hall–Kier alpha value is -3.63. The van der Waals surface area contributed by atoms with Gasteiger partial charge in [0.05, 0.1) is 33.8 Å². The maximum atomic E-state index is 13.8. The number of aliphatic hydroxyl groups is 1. The third-order valence-electron chi connectivity index (χ3n) is 6.95. The lowest BCUT2D eigenvalue weighted by Gasteiger charge is -2.35. The van der Waals surface area contributed by atoms with Crippen LogP contribution in [-0.4, -0.2) is 62.4 Å². The van der Waals surface area contributed by atoms with E-state index in [1.807, 2.05) is 64.4 Å². The number of amides is 3. The smallest absolute Gasteiger partial charge is 0.253 e. The number of aliphatic hydroxyl groups excluding tert-OH is 1. The van der Waals surface area contributed by atoms with E-state index in [0.717, 1.165) is 21.7 Å². The number of hydrogen-bond donors (Lipinski definition) is 3. The van der Waals surface area contributed by atoms with Crippen molar-refractivity contribution < 1.29 is 19.5 Å². The van der Waals surface area contributed by atoms with E-state index < -0.39 is 35.4 Å². The number of carbonyl (C=O) groups excluding carboxylic acids is 3. The number of hydrogen-bond acceptors (Lipinski definition) is 7. The molecular weight excluding hydrogens is 514 g/mol. The molecular formula is C29H35N5O4S. The molecule has 3 heterocycles. The maximum Gasteiger partial charge on any atom is 0.253 e. The van der Waals surface area contributed by atoms with Crippen molar-refractivity contribution in [2.75, 3.05) is 6.54 Å². The quantitative estimate of drug-likeness (QED) is 0.414. The molecule has 4 atom stereocenters. The first kappa shape index (κ1) is 28.4. The highest BCUT2D eigenvalue weighted by atomic mass is 32.1. The minimum Gasteiger partial charge on any atom is -0.391 e. The number of rotatable bonds is 7. The summed E-state index contributed by atoms with van der Waals surface area (Å²) in [6.07, 6.45) is 2.29. The molecule has 3 aromatic rings. The minimum atomic E-state index is -0.911. The average molecular weight is 550 g/mol. The van der Waals surface area contributed by atoms with Crippen LogP contribution in [0, 0.1) is 12.3 Å². The highest BCUT2D eigenvalue weighted by Gasteiger charge is 2.44. The number of aromatic nitrogens is 2. The fourth-order valence-corrected chi connectivity index (χ4v) is 5.54. The Morgan fingerprint density at radius 2 is 1.85 bits per heavy atom. The van der Waals surface area contributed by atoms with Gasteiger partial charge in [-0.05, 0) is 42.5 Å². The van der Waals surface area contributed by atoms with Gasteiger partial charge >= 0.3 is 0 Å². The highest BCUT2D eigenvalue weighted by molar-refractivity contribution is 7.13. The van der Waals surface area contributed by atoms with Gasteiger partial charge in [-0.15, -0.1) is 11.3 Å². The molecule has 1 aliphatic heterocycles. The maximum absolute atomic E-state index is 13.8. The highest BCUT2D eigenvalue weighted by Crippen LogP contribution is 2.29. The molecule has 0 bridgehead atoms. The summed E-state index contributed by atoms with van der Waals surface area (Å²) in [6, 6.07) is 9.14. The summed E-state index contributed by atoms with van der Waals surface area (Å²) in [5, 5.41) is 16.3. The lowest BCUT2D eigenvalue weighted by Crippen LogP contribution is -2.57. The van der Waals surface area contributed by atoms with Gasteiger partial charge in [-0.1, -0.05) is 45.0 Å². The first-order valence-corrected chi connectivity index (χ1v) is 13.8. The van der Waals surface area contributed by atoms with E-state index in [1.54, 1.807) is 29.7 Å². The molecule has 39 heavy (non-hydrogen) atoms. The van der Waals surface area contributed by atoms with Crippen LogP contribution in [0.5, 0.6) is 0 Å². The molecule has 9 nitrogen and oxygen atoms in total. The summed E-state index contributed by atoms with van der Waals surface area (Å²) in [7, 11) is 0. The van der Waals surface area contributed by atoms with Crippen LogP contribution >= 0.6 is 11.3 Å². The van der Waals surface area contributed by atoms with Gasteiger partial charge < -0.3 is 20.6 Å². The zero-order chi connectivity index (χ0) is 28.3. The molecule has 2 aromatic heterocycles. The first-order chi connectivity index (χ1) is 18.5. The third kappa shape index (κ3) is 6.51. The fourth-order valence-electron chi connectivity index (χ4n) is 4.73. The van der Waals surface area contributed by atoms with Crippen molar-refractivity contribution >= 4 is 29.1 Å². The Morgan fingerprint density at radius 3 is 2.44 bits per heavy atom. The molecule has 3 N–H and O–H groups in total. The van der Waals surface area contributed by atoms with Crippen LogP contribution in [0.2, 0.25) is 0 Å². The number of nitrogens with zero attached hydrogens (tertiary/aromatic N) is 3. The van der Waals surface area contributed by atoms with Gasteiger partial charge in [0.2, 0.25) is 11.8 Å². The molecule has 1 aromatic carbocycles. The topological polar surface area (TPSA) is 125 Å². The van der Waals surface area contributed by atoms with E-state index in [1.165, 1.54) is 11.1 Å². The molecule has 3 amide bonds. The van der Waals surface area contributed by atoms with Gasteiger partial charge in [0.25, 0.3) is 5.91 Å². The number of pyridine rings is 1. The van der Waals surface area contributed by atoms with E-state index in [0.29, 0.717) is 5.56 Å². The number of benzene rings is 1. The molecule has 0 spiro atoms. The Labute approximate surface area is 232 Å². The van der Waals surface area contributed by atoms with Crippen molar-refractivity contribution in [1.29, 1.82) is 0 Å². The SMILES string of the molecule is Cc1ncsc1-c1ccc([C@@H](C)NC(=O)[C@@H]2C[C@@H](O)CN2C(=O)[C@@H](NC(=O)c2cccnc2)C(C)(C)C)cc1. The summed E-state index contributed by atoms with van der Waals surface area (Å²) in [4.78, 5) is 50.8. The number of aryl methyl sites for hydroxylation is 1. The predicted octanol–water partition coefficient (Wildman–Crippen LogP) is 3.50. The molecule has 0 aliphatic carbocycles. The Balaban J connectivity index is 1.47. The normalized spacial score (nSPS) is 18.9. The molecule has 1 aliphatic rings. The van der Waals surface area contributed by atoms with Crippen molar-refractivity contribution in [1.82, 2.24) is 25.5 Å².